The molecule has 1 unspecified atom stereocenters. The van der Waals surface area contributed by atoms with Gasteiger partial charge >= 0.3 is 0 Å². The van der Waals surface area contributed by atoms with E-state index in [-0.39, 0.29) is 12.3 Å². The van der Waals surface area contributed by atoms with Gasteiger partial charge in [0.1, 0.15) is 5.84 Å². The number of halogens is 1. The molecule has 0 radical (unpaired) electrons. The predicted octanol–water partition coefficient (Wildman–Crippen LogP) is 4.43. The molecule has 2 aliphatic rings. The summed E-state index contributed by atoms with van der Waals surface area (Å²) in [7, 11) is 1.69. The van der Waals surface area contributed by atoms with Gasteiger partial charge in [-0.15, -0.1) is 0 Å². The van der Waals surface area contributed by atoms with Crippen LogP contribution in [-0.2, 0) is 16.0 Å². The van der Waals surface area contributed by atoms with Crippen LogP contribution < -0.4 is 10.6 Å². The molecule has 0 fully saturated rings. The number of fused-ring (bicyclic) bond motifs is 2. The van der Waals surface area contributed by atoms with Crippen LogP contribution >= 0.6 is 11.6 Å². The van der Waals surface area contributed by atoms with Crippen molar-refractivity contribution in [1.82, 2.24) is 0 Å². The van der Waals surface area contributed by atoms with Gasteiger partial charge in [0.25, 0.3) is 0 Å². The molecule has 148 valence electrons. The first-order valence-corrected chi connectivity index (χ1v) is 9.80. The lowest BCUT2D eigenvalue weighted by Gasteiger charge is -2.42. The number of ether oxygens (including phenoxy) is 1. The number of aliphatic imine (C=N–C) groups is 1. The number of carbonyl (C=O) groups is 1. The fraction of sp³-hybridized carbons (Fsp3) is 0.364. The Labute approximate surface area is 171 Å². The van der Waals surface area contributed by atoms with Crippen molar-refractivity contribution in [2.75, 3.05) is 12.0 Å². The topological polar surface area (TPSA) is 67.9 Å². The normalized spacial score (nSPS) is 26.6. The minimum atomic E-state index is -0.807. The van der Waals surface area contributed by atoms with Gasteiger partial charge in [-0.05, 0) is 30.7 Å². The predicted molar refractivity (Wildman–Crippen MR) is 114 cm³/mol. The van der Waals surface area contributed by atoms with Crippen molar-refractivity contribution in [3.05, 3.63) is 64.4 Å². The highest BCUT2D eigenvalue weighted by Crippen LogP contribution is 2.42. The molecule has 1 atom stereocenters. The van der Waals surface area contributed by atoms with E-state index in [2.05, 4.69) is 11.8 Å². The summed E-state index contributed by atoms with van der Waals surface area (Å²) >= 11 is 6.72. The molecular formula is C22H26ClN3O2. The number of primary amides is 1. The number of rotatable bonds is 5. The van der Waals surface area contributed by atoms with Gasteiger partial charge in [0, 0.05) is 48.4 Å². The number of methoxy groups -OCH3 is 1. The maximum atomic E-state index is 11.4. The van der Waals surface area contributed by atoms with E-state index in [0.717, 1.165) is 33.4 Å². The summed E-state index contributed by atoms with van der Waals surface area (Å²) in [4.78, 5) is 18.4. The molecule has 5 nitrogen and oxygen atoms in total. The second-order valence-corrected chi connectivity index (χ2v) is 7.52. The molecule has 0 saturated carbocycles. The Morgan fingerprint density at radius 3 is 2.89 bits per heavy atom. The van der Waals surface area contributed by atoms with Gasteiger partial charge in [-0.3, -0.25) is 9.69 Å². The molecule has 6 heteroatoms. The fourth-order valence-electron chi connectivity index (χ4n) is 3.75. The summed E-state index contributed by atoms with van der Waals surface area (Å²) in [6, 6.07) is 7.77. The van der Waals surface area contributed by atoms with Crippen molar-refractivity contribution < 1.29 is 9.53 Å². The molecule has 1 aromatic carbocycles. The zero-order valence-electron chi connectivity index (χ0n) is 16.5. The summed E-state index contributed by atoms with van der Waals surface area (Å²) in [6.45, 7) is 4.09. The van der Waals surface area contributed by atoms with E-state index >= 15 is 0 Å². The largest absolute Gasteiger partial charge is 0.369 e. The number of hydrogen-bond donors (Lipinski definition) is 1. The summed E-state index contributed by atoms with van der Waals surface area (Å²) in [5.74, 6) is 0.513. The number of amides is 1. The van der Waals surface area contributed by atoms with Gasteiger partial charge in [0.05, 0.1) is 6.42 Å². The monoisotopic (exact) mass is 399 g/mol. The molecule has 0 aromatic heterocycles. The first-order valence-electron chi connectivity index (χ1n) is 9.43. The van der Waals surface area contributed by atoms with Crippen molar-refractivity contribution in [2.45, 2.75) is 45.3 Å². The highest BCUT2D eigenvalue weighted by atomic mass is 35.5. The lowest BCUT2D eigenvalue weighted by molar-refractivity contribution is -0.117. The number of amidine groups is 1. The second-order valence-electron chi connectivity index (χ2n) is 7.07. The smallest absolute Gasteiger partial charge is 0.221 e. The van der Waals surface area contributed by atoms with Crippen molar-refractivity contribution in [3.63, 3.8) is 0 Å². The minimum Gasteiger partial charge on any atom is -0.369 e. The van der Waals surface area contributed by atoms with Crippen LogP contribution in [0.3, 0.4) is 0 Å². The Bertz CT molecular complexity index is 901. The molecular weight excluding hydrogens is 374 g/mol. The van der Waals surface area contributed by atoms with Gasteiger partial charge in [0.2, 0.25) is 5.91 Å². The number of allylic oxidation sites excluding steroid dienone is 5. The maximum absolute atomic E-state index is 11.4. The average Bonchev–Trinajstić information content (AvgIpc) is 2.79. The molecule has 2 bridgehead atoms. The number of carbonyl (C=O) groups excluding carboxylic acids is 1. The molecule has 0 saturated heterocycles. The third-order valence-corrected chi connectivity index (χ3v) is 5.57. The Balaban J connectivity index is 2.23. The Morgan fingerprint density at radius 2 is 2.21 bits per heavy atom. The van der Waals surface area contributed by atoms with Gasteiger partial charge in [0.15, 0.2) is 5.72 Å². The van der Waals surface area contributed by atoms with Crippen LogP contribution in [0.15, 0.2) is 63.8 Å². The van der Waals surface area contributed by atoms with Crippen LogP contribution in [0.1, 0.15) is 38.7 Å². The van der Waals surface area contributed by atoms with Crippen LogP contribution in [0, 0.1) is 0 Å². The van der Waals surface area contributed by atoms with Crippen LogP contribution in [-0.4, -0.2) is 24.6 Å². The first kappa shape index (κ1) is 20.4. The highest BCUT2D eigenvalue weighted by Gasteiger charge is 2.42. The quantitative estimate of drug-likeness (QED) is 0.796. The van der Waals surface area contributed by atoms with E-state index in [1.54, 1.807) is 7.11 Å². The summed E-state index contributed by atoms with van der Waals surface area (Å²) in [5.41, 5.74) is 8.25. The Hall–Kier alpha value is -2.37. The molecule has 1 aliphatic carbocycles. The van der Waals surface area contributed by atoms with Gasteiger partial charge in [-0.2, -0.15) is 0 Å². The second kappa shape index (κ2) is 8.33. The van der Waals surface area contributed by atoms with Gasteiger partial charge in [-0.25, -0.2) is 4.99 Å². The molecule has 0 spiro atoms. The lowest BCUT2D eigenvalue weighted by Crippen LogP contribution is -2.52. The van der Waals surface area contributed by atoms with E-state index in [1.807, 2.05) is 49.4 Å². The van der Waals surface area contributed by atoms with Gasteiger partial charge < -0.3 is 10.5 Å². The van der Waals surface area contributed by atoms with Crippen molar-refractivity contribution in [3.8, 4) is 0 Å². The minimum absolute atomic E-state index is 0.183. The SMILES string of the molecule is CCC1=N/C2=C/C=CC/C(Cl)=C(\C2)C(C)(OC)N1c1cccc(CC(N)=O)c1. The van der Waals surface area contributed by atoms with Crippen molar-refractivity contribution in [1.29, 1.82) is 0 Å². The van der Waals surface area contributed by atoms with Crippen LogP contribution in [0.25, 0.3) is 0 Å². The molecule has 1 aliphatic heterocycles. The van der Waals surface area contributed by atoms with E-state index in [0.29, 0.717) is 19.3 Å². The standard InChI is InChI=1S/C22H26ClN3O2/c1-4-21-25-16-9-5-6-11-19(23)18(14-16)22(2,28-3)26(21)17-10-7-8-15(12-17)13-20(24)27/h5-10,12H,4,11,13-14H2,1-3H3,(H2,24,27)/b6-5?,16-9+,19-18-. The molecule has 2 N–H and O–H groups in total. The Morgan fingerprint density at radius 1 is 1.43 bits per heavy atom. The van der Waals surface area contributed by atoms with E-state index in [4.69, 9.17) is 27.1 Å². The number of nitrogens with zero attached hydrogens (tertiary/aromatic N) is 2. The first-order chi connectivity index (χ1) is 13.4. The summed E-state index contributed by atoms with van der Waals surface area (Å²) in [6.07, 6.45) is 8.22. The third kappa shape index (κ3) is 3.91. The maximum Gasteiger partial charge on any atom is 0.221 e. The van der Waals surface area contributed by atoms with E-state index in [1.165, 1.54) is 0 Å². The summed E-state index contributed by atoms with van der Waals surface area (Å²) < 4.78 is 6.09. The molecule has 1 heterocycles. The highest BCUT2D eigenvalue weighted by molar-refractivity contribution is 6.30. The fourth-order valence-corrected chi connectivity index (χ4v) is 4.08. The van der Waals surface area contributed by atoms with Crippen molar-refractivity contribution in [2.24, 2.45) is 10.7 Å². The zero-order chi connectivity index (χ0) is 20.3. The van der Waals surface area contributed by atoms with E-state index < -0.39 is 5.72 Å². The lowest BCUT2D eigenvalue weighted by atomic mass is 9.94. The summed E-state index contributed by atoms with van der Waals surface area (Å²) in [5, 5.41) is 0.761. The average molecular weight is 400 g/mol. The number of nitrogens with two attached hydrogens (primary N) is 1. The van der Waals surface area contributed by atoms with Crippen LogP contribution in [0.4, 0.5) is 5.69 Å². The van der Waals surface area contributed by atoms with Crippen LogP contribution in [0.2, 0.25) is 0 Å². The van der Waals surface area contributed by atoms with Crippen LogP contribution in [0.5, 0.6) is 0 Å². The molecule has 1 aromatic rings. The number of benzene rings is 1. The molecule has 3 rings (SSSR count). The zero-order valence-corrected chi connectivity index (χ0v) is 17.3. The molecule has 28 heavy (non-hydrogen) atoms. The number of hydrogen-bond acceptors (Lipinski definition) is 4. The molecule has 1 amide bonds. The van der Waals surface area contributed by atoms with E-state index in [9.17, 15) is 4.79 Å². The van der Waals surface area contributed by atoms with Crippen molar-refractivity contribution >= 4 is 29.0 Å². The third-order valence-electron chi connectivity index (χ3n) is 5.19. The Kier molecular flexibility index (Phi) is 6.06. The number of anilines is 1. The van der Waals surface area contributed by atoms with Gasteiger partial charge in [-0.1, -0.05) is 42.8 Å².